The van der Waals surface area contributed by atoms with E-state index in [9.17, 15) is 13.2 Å². The van der Waals surface area contributed by atoms with Crippen LogP contribution >= 0.6 is 0 Å². The first-order valence-electron chi connectivity index (χ1n) is 5.98. The van der Waals surface area contributed by atoms with Gasteiger partial charge in [-0.05, 0) is 18.6 Å². The fourth-order valence-electron chi connectivity index (χ4n) is 1.56. The smallest absolute Gasteiger partial charge is 0.225 e. The highest BCUT2D eigenvalue weighted by Crippen LogP contribution is 2.13. The molecule has 0 bridgehead atoms. The van der Waals surface area contributed by atoms with Gasteiger partial charge in [0.2, 0.25) is 5.91 Å². The Balaban J connectivity index is 2.60. The number of hydrogen-bond acceptors (Lipinski definition) is 4. The molecular formula is C13H16N2O3S. The van der Waals surface area contributed by atoms with Gasteiger partial charge in [-0.3, -0.25) is 4.79 Å². The standard InChI is InChI=1S/C13H16N2O3S/c1-2-8-19(17,18)9-7-13(16)15-12-6-4-3-5-11(12)10-14/h3-6H,2,7-9H2,1H3,(H,15,16). The van der Waals surface area contributed by atoms with Crippen molar-refractivity contribution in [2.24, 2.45) is 0 Å². The van der Waals surface area contributed by atoms with Crippen LogP contribution in [0.5, 0.6) is 0 Å². The lowest BCUT2D eigenvalue weighted by atomic mass is 10.2. The Bertz CT molecular complexity index is 588. The van der Waals surface area contributed by atoms with Crippen LogP contribution in [-0.2, 0) is 14.6 Å². The fraction of sp³-hybridized carbons (Fsp3) is 0.385. The Morgan fingerprint density at radius 1 is 1.32 bits per heavy atom. The average Bonchev–Trinajstić information content (AvgIpc) is 2.37. The normalized spacial score (nSPS) is 10.7. The van der Waals surface area contributed by atoms with E-state index in [1.807, 2.05) is 6.07 Å². The second kappa shape index (κ2) is 6.90. The zero-order valence-electron chi connectivity index (χ0n) is 10.7. The molecule has 1 aromatic rings. The van der Waals surface area contributed by atoms with E-state index in [4.69, 9.17) is 5.26 Å². The second-order valence-electron chi connectivity index (χ2n) is 4.11. The highest BCUT2D eigenvalue weighted by Gasteiger charge is 2.13. The molecule has 0 spiro atoms. The van der Waals surface area contributed by atoms with Gasteiger partial charge in [-0.25, -0.2) is 8.42 Å². The van der Waals surface area contributed by atoms with Crippen molar-refractivity contribution in [2.75, 3.05) is 16.8 Å². The average molecular weight is 280 g/mol. The first-order valence-corrected chi connectivity index (χ1v) is 7.80. The Morgan fingerprint density at radius 3 is 2.63 bits per heavy atom. The van der Waals surface area contributed by atoms with Crippen LogP contribution in [0.3, 0.4) is 0 Å². The van der Waals surface area contributed by atoms with Gasteiger partial charge in [-0.1, -0.05) is 19.1 Å². The molecule has 0 saturated heterocycles. The van der Waals surface area contributed by atoms with Gasteiger partial charge in [0, 0.05) is 12.2 Å². The summed E-state index contributed by atoms with van der Waals surface area (Å²) in [5, 5.41) is 11.4. The molecule has 0 aromatic heterocycles. The van der Waals surface area contributed by atoms with Crippen molar-refractivity contribution in [2.45, 2.75) is 19.8 Å². The zero-order chi connectivity index (χ0) is 14.3. The van der Waals surface area contributed by atoms with Crippen LogP contribution in [0.15, 0.2) is 24.3 Å². The molecule has 1 amide bonds. The molecule has 0 atom stereocenters. The van der Waals surface area contributed by atoms with Crippen molar-refractivity contribution in [3.05, 3.63) is 29.8 Å². The highest BCUT2D eigenvalue weighted by molar-refractivity contribution is 7.91. The van der Waals surface area contributed by atoms with Crippen LogP contribution in [-0.4, -0.2) is 25.8 Å². The van der Waals surface area contributed by atoms with Crippen LogP contribution in [0.1, 0.15) is 25.3 Å². The van der Waals surface area contributed by atoms with Crippen molar-refractivity contribution in [3.63, 3.8) is 0 Å². The maximum absolute atomic E-state index is 11.6. The highest BCUT2D eigenvalue weighted by atomic mass is 32.2. The van der Waals surface area contributed by atoms with Crippen molar-refractivity contribution in [1.29, 1.82) is 5.26 Å². The predicted molar refractivity (Wildman–Crippen MR) is 73.3 cm³/mol. The lowest BCUT2D eigenvalue weighted by molar-refractivity contribution is -0.115. The minimum absolute atomic E-state index is 0.0923. The third-order valence-electron chi connectivity index (χ3n) is 2.48. The van der Waals surface area contributed by atoms with E-state index in [0.29, 0.717) is 17.7 Å². The second-order valence-corrected chi connectivity index (χ2v) is 6.41. The molecule has 0 aliphatic heterocycles. The number of nitriles is 1. The number of carbonyl (C=O) groups excluding carboxylic acids is 1. The number of benzene rings is 1. The number of sulfone groups is 1. The van der Waals surface area contributed by atoms with Crippen LogP contribution in [0.4, 0.5) is 5.69 Å². The number of para-hydroxylation sites is 1. The summed E-state index contributed by atoms with van der Waals surface area (Å²) in [4.78, 5) is 11.6. The fourth-order valence-corrected chi connectivity index (χ4v) is 2.89. The van der Waals surface area contributed by atoms with E-state index >= 15 is 0 Å². The summed E-state index contributed by atoms with van der Waals surface area (Å²) in [6.45, 7) is 1.78. The molecule has 0 aliphatic carbocycles. The largest absolute Gasteiger partial charge is 0.325 e. The maximum Gasteiger partial charge on any atom is 0.225 e. The number of anilines is 1. The van der Waals surface area contributed by atoms with Crippen LogP contribution in [0.2, 0.25) is 0 Å². The minimum atomic E-state index is -3.16. The Morgan fingerprint density at radius 2 is 2.00 bits per heavy atom. The molecule has 0 unspecified atom stereocenters. The van der Waals surface area contributed by atoms with Gasteiger partial charge in [-0.15, -0.1) is 0 Å². The Labute approximate surface area is 113 Å². The monoisotopic (exact) mass is 280 g/mol. The van der Waals surface area contributed by atoms with E-state index in [1.165, 1.54) is 0 Å². The summed E-state index contributed by atoms with van der Waals surface area (Å²) in [7, 11) is -3.16. The molecular weight excluding hydrogens is 264 g/mol. The molecule has 0 heterocycles. The minimum Gasteiger partial charge on any atom is -0.325 e. The van der Waals surface area contributed by atoms with Gasteiger partial charge >= 0.3 is 0 Å². The molecule has 19 heavy (non-hydrogen) atoms. The van der Waals surface area contributed by atoms with E-state index in [1.54, 1.807) is 31.2 Å². The number of nitrogens with one attached hydrogen (secondary N) is 1. The summed E-state index contributed by atoms with van der Waals surface area (Å²) in [6.07, 6.45) is 0.448. The van der Waals surface area contributed by atoms with E-state index in [-0.39, 0.29) is 17.9 Å². The maximum atomic E-state index is 11.6. The molecule has 1 rings (SSSR count). The van der Waals surface area contributed by atoms with Gasteiger partial charge in [0.1, 0.15) is 6.07 Å². The van der Waals surface area contributed by atoms with Gasteiger partial charge in [-0.2, -0.15) is 5.26 Å². The third-order valence-corrected chi connectivity index (χ3v) is 4.33. The van der Waals surface area contributed by atoms with Crippen molar-refractivity contribution in [3.8, 4) is 6.07 Å². The van der Waals surface area contributed by atoms with E-state index in [2.05, 4.69) is 5.32 Å². The summed E-state index contributed by atoms with van der Waals surface area (Å²) >= 11 is 0. The topological polar surface area (TPSA) is 87.0 Å². The van der Waals surface area contributed by atoms with Crippen LogP contribution in [0.25, 0.3) is 0 Å². The molecule has 5 nitrogen and oxygen atoms in total. The first kappa shape index (κ1) is 15.2. The van der Waals surface area contributed by atoms with Crippen molar-refractivity contribution in [1.82, 2.24) is 0 Å². The SMILES string of the molecule is CCCS(=O)(=O)CCC(=O)Nc1ccccc1C#N. The predicted octanol–water partition coefficient (Wildman–Crippen LogP) is 1.71. The molecule has 6 heteroatoms. The molecule has 1 N–H and O–H groups in total. The van der Waals surface area contributed by atoms with Crippen LogP contribution < -0.4 is 5.32 Å². The summed E-state index contributed by atoms with van der Waals surface area (Å²) < 4.78 is 23.0. The third kappa shape index (κ3) is 5.10. The van der Waals surface area contributed by atoms with Gasteiger partial charge in [0.05, 0.1) is 17.0 Å². The van der Waals surface area contributed by atoms with Gasteiger partial charge < -0.3 is 5.32 Å². The lowest BCUT2D eigenvalue weighted by Gasteiger charge is -2.07. The number of carbonyl (C=O) groups is 1. The Hall–Kier alpha value is -1.87. The van der Waals surface area contributed by atoms with Crippen LogP contribution in [0, 0.1) is 11.3 Å². The lowest BCUT2D eigenvalue weighted by Crippen LogP contribution is -2.19. The number of nitrogens with zero attached hydrogens (tertiary/aromatic N) is 1. The molecule has 0 radical (unpaired) electrons. The Kier molecular flexibility index (Phi) is 5.52. The van der Waals surface area contributed by atoms with Crippen molar-refractivity contribution < 1.29 is 13.2 Å². The molecule has 102 valence electrons. The number of hydrogen-bond donors (Lipinski definition) is 1. The number of rotatable bonds is 6. The van der Waals surface area contributed by atoms with Crippen molar-refractivity contribution >= 4 is 21.4 Å². The van der Waals surface area contributed by atoms with E-state index in [0.717, 1.165) is 0 Å². The zero-order valence-corrected chi connectivity index (χ0v) is 11.5. The molecule has 0 aliphatic rings. The summed E-state index contributed by atoms with van der Waals surface area (Å²) in [6, 6.07) is 8.55. The summed E-state index contributed by atoms with van der Waals surface area (Å²) in [5.41, 5.74) is 0.759. The van der Waals surface area contributed by atoms with Gasteiger partial charge in [0.25, 0.3) is 0 Å². The molecule has 1 aromatic carbocycles. The quantitative estimate of drug-likeness (QED) is 0.859. The molecule has 0 saturated carbocycles. The first-order chi connectivity index (χ1) is 8.98. The van der Waals surface area contributed by atoms with E-state index < -0.39 is 15.7 Å². The van der Waals surface area contributed by atoms with Gasteiger partial charge in [0.15, 0.2) is 9.84 Å². The summed E-state index contributed by atoms with van der Waals surface area (Å²) in [5.74, 6) is -0.474. The number of amides is 1. The molecule has 0 fully saturated rings.